The zero-order chi connectivity index (χ0) is 15.5. The van der Waals surface area contributed by atoms with Gasteiger partial charge in [0.15, 0.2) is 11.5 Å². The Morgan fingerprint density at radius 1 is 1.32 bits per heavy atom. The van der Waals surface area contributed by atoms with Gasteiger partial charge in [0.05, 0.1) is 25.5 Å². The molecule has 0 saturated heterocycles. The predicted octanol–water partition coefficient (Wildman–Crippen LogP) is 4.10. The van der Waals surface area contributed by atoms with Gasteiger partial charge in [-0.05, 0) is 36.6 Å². The molecule has 0 atom stereocenters. The lowest BCUT2D eigenvalue weighted by Crippen LogP contribution is -1.91. The highest BCUT2D eigenvalue weighted by Gasteiger charge is 2.26. The Labute approximate surface area is 133 Å². The third-order valence-electron chi connectivity index (χ3n) is 3.59. The van der Waals surface area contributed by atoms with Crippen LogP contribution in [0.15, 0.2) is 23.6 Å². The van der Waals surface area contributed by atoms with Crippen LogP contribution in [-0.2, 0) is 0 Å². The van der Waals surface area contributed by atoms with E-state index in [1.807, 2.05) is 24.3 Å². The first-order valence-electron chi connectivity index (χ1n) is 7.04. The van der Waals surface area contributed by atoms with Crippen LogP contribution in [0.25, 0.3) is 11.6 Å². The molecule has 0 radical (unpaired) electrons. The summed E-state index contributed by atoms with van der Waals surface area (Å²) >= 11 is 1.53. The molecule has 1 fully saturated rings. The molecule has 3 rings (SSSR count). The number of hydrogen-bond acceptors (Lipinski definition) is 5. The number of methoxy groups -OCH3 is 2. The molecule has 1 aliphatic carbocycles. The average Bonchev–Trinajstić information content (AvgIpc) is 3.30. The van der Waals surface area contributed by atoms with E-state index in [9.17, 15) is 5.26 Å². The summed E-state index contributed by atoms with van der Waals surface area (Å²) in [5.74, 6) is 1.92. The Bertz CT molecular complexity index is 754. The topological polar surface area (TPSA) is 55.1 Å². The largest absolute Gasteiger partial charge is 0.493 e. The fourth-order valence-electron chi connectivity index (χ4n) is 2.23. The minimum atomic E-state index is 0.573. The zero-order valence-corrected chi connectivity index (χ0v) is 13.3. The van der Waals surface area contributed by atoms with Gasteiger partial charge in [0, 0.05) is 11.3 Å². The van der Waals surface area contributed by atoms with Crippen LogP contribution in [0.3, 0.4) is 0 Å². The number of allylic oxidation sites excluding steroid dienone is 1. The van der Waals surface area contributed by atoms with Gasteiger partial charge in [0.25, 0.3) is 0 Å². The third-order valence-corrected chi connectivity index (χ3v) is 4.48. The number of ether oxygens (including phenoxy) is 2. The monoisotopic (exact) mass is 312 g/mol. The molecule has 22 heavy (non-hydrogen) atoms. The van der Waals surface area contributed by atoms with Crippen molar-refractivity contribution in [2.75, 3.05) is 14.2 Å². The average molecular weight is 312 g/mol. The van der Waals surface area contributed by atoms with Crippen molar-refractivity contribution < 1.29 is 9.47 Å². The molecule has 0 amide bonds. The van der Waals surface area contributed by atoms with Crippen molar-refractivity contribution in [3.05, 3.63) is 39.8 Å². The van der Waals surface area contributed by atoms with E-state index >= 15 is 0 Å². The lowest BCUT2D eigenvalue weighted by molar-refractivity contribution is 0.355. The van der Waals surface area contributed by atoms with Crippen LogP contribution in [0, 0.1) is 11.3 Å². The summed E-state index contributed by atoms with van der Waals surface area (Å²) in [5.41, 5.74) is 2.58. The lowest BCUT2D eigenvalue weighted by Gasteiger charge is -2.07. The summed E-state index contributed by atoms with van der Waals surface area (Å²) in [7, 11) is 3.20. The van der Waals surface area contributed by atoms with Crippen LogP contribution in [0.5, 0.6) is 11.5 Å². The van der Waals surface area contributed by atoms with Gasteiger partial charge < -0.3 is 9.47 Å². The molecule has 112 valence electrons. The smallest absolute Gasteiger partial charge is 0.161 e. The lowest BCUT2D eigenvalue weighted by atomic mass is 10.1. The number of nitriles is 1. The highest BCUT2D eigenvalue weighted by molar-refractivity contribution is 7.11. The number of nitrogens with zero attached hydrogens (tertiary/aromatic N) is 2. The molecule has 4 nitrogen and oxygen atoms in total. The van der Waals surface area contributed by atoms with Gasteiger partial charge >= 0.3 is 0 Å². The molecule has 1 heterocycles. The summed E-state index contributed by atoms with van der Waals surface area (Å²) in [6.07, 6.45) is 4.26. The highest BCUT2D eigenvalue weighted by atomic mass is 32.1. The second-order valence-electron chi connectivity index (χ2n) is 5.14. The molecule has 0 aliphatic heterocycles. The van der Waals surface area contributed by atoms with Crippen LogP contribution in [0.4, 0.5) is 0 Å². The van der Waals surface area contributed by atoms with Crippen LogP contribution < -0.4 is 9.47 Å². The van der Waals surface area contributed by atoms with Crippen molar-refractivity contribution in [1.29, 1.82) is 5.26 Å². The highest BCUT2D eigenvalue weighted by Crippen LogP contribution is 2.41. The van der Waals surface area contributed by atoms with E-state index < -0.39 is 0 Å². The number of hydrogen-bond donors (Lipinski definition) is 0. The minimum absolute atomic E-state index is 0.573. The molecule has 0 spiro atoms. The van der Waals surface area contributed by atoms with Gasteiger partial charge in [-0.25, -0.2) is 4.98 Å². The Morgan fingerprint density at radius 3 is 2.73 bits per heavy atom. The maximum atomic E-state index is 9.42. The van der Waals surface area contributed by atoms with Crippen molar-refractivity contribution >= 4 is 23.0 Å². The molecule has 1 aromatic heterocycles. The van der Waals surface area contributed by atoms with Crippen LogP contribution >= 0.6 is 11.3 Å². The maximum absolute atomic E-state index is 9.42. The molecular formula is C17H16N2O2S. The summed E-state index contributed by atoms with van der Waals surface area (Å²) in [6, 6.07) is 7.82. The van der Waals surface area contributed by atoms with Crippen molar-refractivity contribution in [3.8, 4) is 17.6 Å². The normalized spacial score (nSPS) is 14.5. The molecule has 0 N–H and O–H groups in total. The summed E-state index contributed by atoms with van der Waals surface area (Å²) in [6.45, 7) is 0. The second kappa shape index (κ2) is 6.20. The standard InChI is InChI=1S/C17H16N2O2S/c1-20-15-6-3-11(8-16(15)21-2)7-13(9-18)17-19-14(10-22-17)12-4-5-12/h3,6-8,10,12H,4-5H2,1-2H3/b13-7+. The van der Waals surface area contributed by atoms with Crippen molar-refractivity contribution in [2.24, 2.45) is 0 Å². The summed E-state index contributed by atoms with van der Waals surface area (Å²) < 4.78 is 10.5. The van der Waals surface area contributed by atoms with Crippen molar-refractivity contribution in [2.45, 2.75) is 18.8 Å². The molecule has 0 bridgehead atoms. The Balaban J connectivity index is 1.92. The fraction of sp³-hybridized carbons (Fsp3) is 0.294. The van der Waals surface area contributed by atoms with E-state index in [-0.39, 0.29) is 0 Å². The van der Waals surface area contributed by atoms with Gasteiger partial charge in [0.2, 0.25) is 0 Å². The number of benzene rings is 1. The van der Waals surface area contributed by atoms with E-state index in [1.54, 1.807) is 14.2 Å². The van der Waals surface area contributed by atoms with Gasteiger partial charge in [-0.1, -0.05) is 6.07 Å². The van der Waals surface area contributed by atoms with E-state index in [0.29, 0.717) is 23.0 Å². The van der Waals surface area contributed by atoms with Crippen LogP contribution in [-0.4, -0.2) is 19.2 Å². The molecule has 0 unspecified atom stereocenters. The summed E-state index contributed by atoms with van der Waals surface area (Å²) in [4.78, 5) is 4.59. The molecule has 1 saturated carbocycles. The molecule has 5 heteroatoms. The second-order valence-corrected chi connectivity index (χ2v) is 5.99. The fourth-order valence-corrected chi connectivity index (χ4v) is 3.09. The number of rotatable bonds is 5. The van der Waals surface area contributed by atoms with E-state index in [1.165, 1.54) is 24.2 Å². The molecule has 1 aliphatic rings. The minimum Gasteiger partial charge on any atom is -0.493 e. The van der Waals surface area contributed by atoms with E-state index in [4.69, 9.17) is 9.47 Å². The van der Waals surface area contributed by atoms with Crippen molar-refractivity contribution in [3.63, 3.8) is 0 Å². The summed E-state index contributed by atoms with van der Waals surface area (Å²) in [5, 5.41) is 12.3. The van der Waals surface area contributed by atoms with E-state index in [2.05, 4.69) is 16.4 Å². The number of thiazole rings is 1. The zero-order valence-electron chi connectivity index (χ0n) is 12.5. The van der Waals surface area contributed by atoms with Gasteiger partial charge in [-0.3, -0.25) is 0 Å². The Kier molecular flexibility index (Phi) is 4.12. The first-order chi connectivity index (χ1) is 10.7. The molecule has 2 aromatic rings. The Hall–Kier alpha value is -2.32. The van der Waals surface area contributed by atoms with Crippen molar-refractivity contribution in [1.82, 2.24) is 4.98 Å². The quantitative estimate of drug-likeness (QED) is 0.780. The first kappa shape index (κ1) is 14.6. The van der Waals surface area contributed by atoms with Gasteiger partial charge in [-0.15, -0.1) is 11.3 Å². The molecule has 1 aromatic carbocycles. The molecular weight excluding hydrogens is 296 g/mol. The van der Waals surface area contributed by atoms with Crippen LogP contribution in [0.1, 0.15) is 35.0 Å². The maximum Gasteiger partial charge on any atom is 0.161 e. The van der Waals surface area contributed by atoms with Gasteiger partial charge in [0.1, 0.15) is 11.1 Å². The number of aromatic nitrogens is 1. The third kappa shape index (κ3) is 2.97. The van der Waals surface area contributed by atoms with E-state index in [0.717, 1.165) is 16.3 Å². The first-order valence-corrected chi connectivity index (χ1v) is 7.92. The predicted molar refractivity (Wildman–Crippen MR) is 87.1 cm³/mol. The van der Waals surface area contributed by atoms with Gasteiger partial charge in [-0.2, -0.15) is 5.26 Å². The SMILES string of the molecule is COc1ccc(/C=C(\C#N)c2nc(C3CC3)cs2)cc1OC. The van der Waals surface area contributed by atoms with Crippen LogP contribution in [0.2, 0.25) is 0 Å². The Morgan fingerprint density at radius 2 is 2.09 bits per heavy atom.